The molecule has 0 saturated carbocycles. The van der Waals surface area contributed by atoms with Crippen LogP contribution in [0.3, 0.4) is 0 Å². The number of carbonyl (C=O) groups is 1. The Balaban J connectivity index is 0.00000264. The molecule has 5 nitrogen and oxygen atoms in total. The molecule has 3 N–H and O–H groups in total. The van der Waals surface area contributed by atoms with Crippen LogP contribution in [0.1, 0.15) is 39.1 Å². The highest BCUT2D eigenvalue weighted by Gasteiger charge is 2.25. The van der Waals surface area contributed by atoms with Crippen LogP contribution in [-0.4, -0.2) is 29.5 Å². The Labute approximate surface area is 156 Å². The molecule has 0 aliphatic heterocycles. The van der Waals surface area contributed by atoms with E-state index in [-0.39, 0.29) is 42.7 Å². The molecule has 3 unspecified atom stereocenters. The van der Waals surface area contributed by atoms with Gasteiger partial charge in [0.15, 0.2) is 0 Å². The second-order valence-corrected chi connectivity index (χ2v) is 5.97. The van der Waals surface area contributed by atoms with Crippen LogP contribution >= 0.6 is 24.8 Å². The summed E-state index contributed by atoms with van der Waals surface area (Å²) in [6.07, 6.45) is 0.975. The van der Waals surface area contributed by atoms with Gasteiger partial charge in [-0.2, -0.15) is 0 Å². The fourth-order valence-electron chi connectivity index (χ4n) is 2.53. The summed E-state index contributed by atoms with van der Waals surface area (Å²) in [5.74, 6) is 1.13. The van der Waals surface area contributed by atoms with Crippen LogP contribution in [0.5, 0.6) is 0 Å². The predicted octanol–water partition coefficient (Wildman–Crippen LogP) is 3.47. The van der Waals surface area contributed by atoms with Crippen LogP contribution in [0, 0.1) is 11.8 Å². The minimum absolute atomic E-state index is 0. The van der Waals surface area contributed by atoms with E-state index in [0.717, 1.165) is 23.3 Å². The molecular weight excluding hydrogens is 347 g/mol. The lowest BCUT2D eigenvalue weighted by molar-refractivity contribution is -0.125. The van der Waals surface area contributed by atoms with E-state index in [4.69, 9.17) is 0 Å². The number of rotatable bonds is 7. The lowest BCUT2D eigenvalue weighted by Crippen LogP contribution is -2.39. The number of benzene rings is 1. The van der Waals surface area contributed by atoms with Crippen molar-refractivity contribution in [2.75, 3.05) is 13.6 Å². The second-order valence-electron chi connectivity index (χ2n) is 5.97. The second kappa shape index (κ2) is 10.5. The smallest absolute Gasteiger partial charge is 0.224 e. The standard InChI is InChI=1S/C17H26N4O.2ClH/c1-5-11(2)15(21-17(22)12(3)10-18-4)16-19-13-8-6-7-9-14(13)20-16;;/h6-9,11-12,15,18H,5,10H2,1-4H3,(H,19,20)(H,21,22);2*1H. The Hall–Kier alpha value is -1.30. The molecule has 0 saturated heterocycles. The number of carbonyl (C=O) groups excluding carboxylic acids is 1. The van der Waals surface area contributed by atoms with E-state index >= 15 is 0 Å². The van der Waals surface area contributed by atoms with Gasteiger partial charge in [0.25, 0.3) is 0 Å². The molecule has 2 rings (SSSR count). The molecule has 0 spiro atoms. The highest BCUT2D eigenvalue weighted by atomic mass is 35.5. The van der Waals surface area contributed by atoms with E-state index in [1.165, 1.54) is 0 Å². The van der Waals surface area contributed by atoms with Crippen molar-refractivity contribution in [2.24, 2.45) is 11.8 Å². The number of aromatic amines is 1. The van der Waals surface area contributed by atoms with Crippen LogP contribution in [0.25, 0.3) is 11.0 Å². The number of hydrogen-bond acceptors (Lipinski definition) is 3. The molecule has 7 heteroatoms. The number of nitrogens with zero attached hydrogens (tertiary/aromatic N) is 1. The topological polar surface area (TPSA) is 69.8 Å². The van der Waals surface area contributed by atoms with Crippen LogP contribution in [0.4, 0.5) is 0 Å². The number of imidazole rings is 1. The minimum Gasteiger partial charge on any atom is -0.346 e. The summed E-state index contributed by atoms with van der Waals surface area (Å²) in [4.78, 5) is 20.4. The Morgan fingerprint density at radius 1 is 1.25 bits per heavy atom. The summed E-state index contributed by atoms with van der Waals surface area (Å²) in [7, 11) is 1.86. The SMILES string of the molecule is CCC(C)C(NC(=O)C(C)CNC)c1nc2ccccc2[nH]1.Cl.Cl. The molecule has 0 bridgehead atoms. The number of para-hydroxylation sites is 2. The van der Waals surface area contributed by atoms with Gasteiger partial charge in [-0.05, 0) is 25.1 Å². The van der Waals surface area contributed by atoms with Crippen LogP contribution < -0.4 is 10.6 Å². The zero-order valence-corrected chi connectivity index (χ0v) is 16.3. The van der Waals surface area contributed by atoms with Crippen molar-refractivity contribution in [1.82, 2.24) is 20.6 Å². The van der Waals surface area contributed by atoms with Gasteiger partial charge in [0.1, 0.15) is 5.82 Å². The Kier molecular flexibility index (Phi) is 9.97. The molecule has 0 aliphatic carbocycles. The van der Waals surface area contributed by atoms with E-state index in [9.17, 15) is 4.79 Å². The molecule has 1 heterocycles. The van der Waals surface area contributed by atoms with Gasteiger partial charge in [-0.15, -0.1) is 24.8 Å². The van der Waals surface area contributed by atoms with Gasteiger partial charge in [-0.1, -0.05) is 39.3 Å². The van der Waals surface area contributed by atoms with Crippen molar-refractivity contribution < 1.29 is 4.79 Å². The third-order valence-corrected chi connectivity index (χ3v) is 4.17. The first-order valence-electron chi connectivity index (χ1n) is 7.96. The molecule has 1 aromatic heterocycles. The first-order valence-corrected chi connectivity index (χ1v) is 7.96. The summed E-state index contributed by atoms with van der Waals surface area (Å²) in [6, 6.07) is 7.85. The Bertz CT molecular complexity index is 599. The fourth-order valence-corrected chi connectivity index (χ4v) is 2.53. The van der Waals surface area contributed by atoms with Crippen molar-refractivity contribution in [3.05, 3.63) is 30.1 Å². The van der Waals surface area contributed by atoms with Crippen LogP contribution in [0.15, 0.2) is 24.3 Å². The first-order chi connectivity index (χ1) is 10.6. The van der Waals surface area contributed by atoms with Crippen molar-refractivity contribution in [3.63, 3.8) is 0 Å². The molecule has 2 aromatic rings. The van der Waals surface area contributed by atoms with E-state index in [2.05, 4.69) is 34.4 Å². The Morgan fingerprint density at radius 2 is 1.92 bits per heavy atom. The van der Waals surface area contributed by atoms with Gasteiger partial charge in [-0.25, -0.2) is 4.98 Å². The van der Waals surface area contributed by atoms with Gasteiger partial charge in [0, 0.05) is 12.5 Å². The summed E-state index contributed by atoms with van der Waals surface area (Å²) in [5.41, 5.74) is 1.94. The van der Waals surface area contributed by atoms with Crippen molar-refractivity contribution in [2.45, 2.75) is 33.2 Å². The van der Waals surface area contributed by atoms with Gasteiger partial charge < -0.3 is 15.6 Å². The van der Waals surface area contributed by atoms with Crippen molar-refractivity contribution in [1.29, 1.82) is 0 Å². The maximum absolute atomic E-state index is 12.4. The molecule has 136 valence electrons. The molecule has 0 fully saturated rings. The summed E-state index contributed by atoms with van der Waals surface area (Å²) < 4.78 is 0. The number of fused-ring (bicyclic) bond motifs is 1. The lowest BCUT2D eigenvalue weighted by Gasteiger charge is -2.24. The Morgan fingerprint density at radius 3 is 2.50 bits per heavy atom. The van der Waals surface area contributed by atoms with Gasteiger partial charge in [0.05, 0.1) is 17.1 Å². The molecule has 24 heavy (non-hydrogen) atoms. The summed E-state index contributed by atoms with van der Waals surface area (Å²) in [6.45, 7) is 6.86. The number of halogens is 2. The number of nitrogens with one attached hydrogen (secondary N) is 3. The third-order valence-electron chi connectivity index (χ3n) is 4.17. The molecule has 0 radical (unpaired) electrons. The van der Waals surface area contributed by atoms with Gasteiger partial charge in [-0.3, -0.25) is 4.79 Å². The number of H-pyrrole nitrogens is 1. The first kappa shape index (κ1) is 22.7. The normalized spacial score (nSPS) is 14.2. The predicted molar refractivity (Wildman–Crippen MR) is 104 cm³/mol. The maximum atomic E-state index is 12.4. The number of hydrogen-bond donors (Lipinski definition) is 3. The zero-order chi connectivity index (χ0) is 16.1. The quantitative estimate of drug-likeness (QED) is 0.694. The summed E-state index contributed by atoms with van der Waals surface area (Å²) in [5, 5.41) is 6.20. The average molecular weight is 375 g/mol. The van der Waals surface area contributed by atoms with Gasteiger partial charge in [0.2, 0.25) is 5.91 Å². The highest BCUT2D eigenvalue weighted by molar-refractivity contribution is 5.85. The van der Waals surface area contributed by atoms with Crippen LogP contribution in [-0.2, 0) is 4.79 Å². The average Bonchev–Trinajstić information content (AvgIpc) is 2.95. The molecule has 0 aliphatic rings. The number of amides is 1. The van der Waals surface area contributed by atoms with Crippen molar-refractivity contribution in [3.8, 4) is 0 Å². The molecular formula is C17H28Cl2N4O. The van der Waals surface area contributed by atoms with Crippen LogP contribution in [0.2, 0.25) is 0 Å². The van der Waals surface area contributed by atoms with E-state index in [1.54, 1.807) is 0 Å². The summed E-state index contributed by atoms with van der Waals surface area (Å²) >= 11 is 0. The molecule has 3 atom stereocenters. The number of aromatic nitrogens is 2. The third kappa shape index (κ3) is 5.36. The fraction of sp³-hybridized carbons (Fsp3) is 0.529. The van der Waals surface area contributed by atoms with E-state index in [0.29, 0.717) is 12.5 Å². The van der Waals surface area contributed by atoms with E-state index < -0.39 is 0 Å². The highest BCUT2D eigenvalue weighted by Crippen LogP contribution is 2.24. The van der Waals surface area contributed by atoms with Crippen molar-refractivity contribution >= 4 is 41.8 Å². The van der Waals surface area contributed by atoms with Gasteiger partial charge >= 0.3 is 0 Å². The minimum atomic E-state index is -0.0933. The monoisotopic (exact) mass is 374 g/mol. The zero-order valence-electron chi connectivity index (χ0n) is 14.6. The molecule has 1 amide bonds. The maximum Gasteiger partial charge on any atom is 0.224 e. The molecule has 1 aromatic carbocycles. The largest absolute Gasteiger partial charge is 0.346 e. The van der Waals surface area contributed by atoms with E-state index in [1.807, 2.05) is 38.2 Å². The lowest BCUT2D eigenvalue weighted by atomic mass is 9.97.